The molecule has 0 saturated heterocycles. The van der Waals surface area contributed by atoms with E-state index < -0.39 is 52.0 Å². The summed E-state index contributed by atoms with van der Waals surface area (Å²) < 4.78 is 0. The molecule has 2 aliphatic rings. The molecular formula is C21H32O8. The molecule has 0 spiro atoms. The molecule has 8 nitrogen and oxygen atoms in total. The van der Waals surface area contributed by atoms with Gasteiger partial charge in [0.1, 0.15) is 0 Å². The largest absolute Gasteiger partial charge is 0.481 e. The van der Waals surface area contributed by atoms with Crippen molar-refractivity contribution in [2.24, 2.45) is 28.1 Å². The van der Waals surface area contributed by atoms with Crippen LogP contribution < -0.4 is 0 Å². The van der Waals surface area contributed by atoms with Crippen molar-refractivity contribution in [3.63, 3.8) is 0 Å². The minimum atomic E-state index is -1.47. The molecule has 0 unspecified atom stereocenters. The quantitative estimate of drug-likeness (QED) is 0.473. The molecule has 164 valence electrons. The number of carbonyl (C=O) groups is 4. The van der Waals surface area contributed by atoms with E-state index in [0.29, 0.717) is 25.7 Å². The molecule has 0 aliphatic heterocycles. The van der Waals surface area contributed by atoms with Crippen molar-refractivity contribution in [2.45, 2.75) is 78.1 Å². The average Bonchev–Trinajstić information content (AvgIpc) is 2.60. The Morgan fingerprint density at radius 3 is 1.34 bits per heavy atom. The van der Waals surface area contributed by atoms with Gasteiger partial charge < -0.3 is 20.4 Å². The monoisotopic (exact) mass is 412 g/mol. The summed E-state index contributed by atoms with van der Waals surface area (Å²) in [7, 11) is 0. The van der Waals surface area contributed by atoms with Gasteiger partial charge in [-0.1, -0.05) is 39.5 Å². The molecule has 4 N–H and O–H groups in total. The van der Waals surface area contributed by atoms with Gasteiger partial charge in [-0.15, -0.1) is 0 Å². The lowest BCUT2D eigenvalue weighted by molar-refractivity contribution is -0.174. The molecule has 29 heavy (non-hydrogen) atoms. The highest BCUT2D eigenvalue weighted by atomic mass is 16.4. The third-order valence-corrected chi connectivity index (χ3v) is 7.10. The predicted molar refractivity (Wildman–Crippen MR) is 102 cm³/mol. The van der Waals surface area contributed by atoms with E-state index in [9.17, 15) is 39.6 Å². The Morgan fingerprint density at radius 2 is 1.07 bits per heavy atom. The van der Waals surface area contributed by atoms with Gasteiger partial charge in [0.15, 0.2) is 0 Å². The number of aliphatic carboxylic acids is 4. The summed E-state index contributed by atoms with van der Waals surface area (Å²) in [5, 5.41) is 39.4. The Hall–Kier alpha value is -2.12. The van der Waals surface area contributed by atoms with E-state index >= 15 is 0 Å². The van der Waals surface area contributed by atoms with Crippen molar-refractivity contribution < 1.29 is 39.6 Å². The van der Waals surface area contributed by atoms with E-state index in [-0.39, 0.29) is 38.5 Å². The van der Waals surface area contributed by atoms with Gasteiger partial charge in [0.25, 0.3) is 0 Å². The van der Waals surface area contributed by atoms with Crippen LogP contribution in [-0.2, 0) is 19.2 Å². The van der Waals surface area contributed by atoms with Gasteiger partial charge in [-0.25, -0.2) is 0 Å². The molecule has 0 aromatic heterocycles. The second-order valence-electron chi connectivity index (χ2n) is 9.71. The maximum atomic E-state index is 12.3. The summed E-state index contributed by atoms with van der Waals surface area (Å²) in [6, 6.07) is 0. The molecule has 0 amide bonds. The van der Waals surface area contributed by atoms with E-state index in [1.165, 1.54) is 0 Å². The highest BCUT2D eigenvalue weighted by Gasteiger charge is 2.57. The molecule has 2 fully saturated rings. The zero-order valence-corrected chi connectivity index (χ0v) is 17.1. The standard InChI is InChI=1S/C21H32O8/c1-19(2,11-20(17(26)27)9-5-3-7-13(20)15(22)23)12-21(18(28)29)10-6-4-8-14(21)16(24)25/h13-14H,3-12H2,1-2H3,(H,22,23)(H,24,25)(H,26,27)(H,28,29)/t13-,14+,20+,21-. The molecule has 2 rings (SSSR count). The van der Waals surface area contributed by atoms with E-state index in [1.807, 2.05) is 0 Å². The van der Waals surface area contributed by atoms with Gasteiger partial charge in [0, 0.05) is 0 Å². The minimum Gasteiger partial charge on any atom is -0.481 e. The molecule has 0 bridgehead atoms. The normalized spacial score (nSPS) is 33.0. The smallest absolute Gasteiger partial charge is 0.310 e. The van der Waals surface area contributed by atoms with Crippen molar-refractivity contribution in [3.05, 3.63) is 0 Å². The first kappa shape index (κ1) is 23.2. The molecule has 0 aromatic carbocycles. The van der Waals surface area contributed by atoms with Crippen LogP contribution in [0.1, 0.15) is 78.1 Å². The summed E-state index contributed by atoms with van der Waals surface area (Å²) in [5.41, 5.74) is -3.80. The Kier molecular flexibility index (Phi) is 6.65. The van der Waals surface area contributed by atoms with Crippen LogP contribution in [0.25, 0.3) is 0 Å². The third-order valence-electron chi connectivity index (χ3n) is 7.10. The van der Waals surface area contributed by atoms with Crippen LogP contribution >= 0.6 is 0 Å². The van der Waals surface area contributed by atoms with Gasteiger partial charge in [-0.2, -0.15) is 0 Å². The molecule has 2 aliphatic carbocycles. The van der Waals surface area contributed by atoms with Crippen molar-refractivity contribution in [1.82, 2.24) is 0 Å². The highest BCUT2D eigenvalue weighted by molar-refractivity contribution is 5.85. The summed E-state index contributed by atoms with van der Waals surface area (Å²) >= 11 is 0. The van der Waals surface area contributed by atoms with Crippen LogP contribution in [0.4, 0.5) is 0 Å². The first-order valence-corrected chi connectivity index (χ1v) is 10.3. The van der Waals surface area contributed by atoms with E-state index in [1.54, 1.807) is 13.8 Å². The van der Waals surface area contributed by atoms with Gasteiger partial charge in [0.05, 0.1) is 22.7 Å². The number of rotatable bonds is 8. The Balaban J connectivity index is 2.41. The van der Waals surface area contributed by atoms with Crippen LogP contribution in [0.2, 0.25) is 0 Å². The highest BCUT2D eigenvalue weighted by Crippen LogP contribution is 2.55. The number of hydrogen-bond acceptors (Lipinski definition) is 4. The number of carboxylic acid groups (broad SMARTS) is 4. The fraction of sp³-hybridized carbons (Fsp3) is 0.810. The Bertz CT molecular complexity index is 628. The van der Waals surface area contributed by atoms with Crippen LogP contribution in [0.3, 0.4) is 0 Å². The second-order valence-corrected chi connectivity index (χ2v) is 9.71. The van der Waals surface area contributed by atoms with E-state index in [2.05, 4.69) is 0 Å². The molecule has 0 aromatic rings. The first-order chi connectivity index (χ1) is 13.4. The topological polar surface area (TPSA) is 149 Å². The van der Waals surface area contributed by atoms with Crippen LogP contribution in [0.5, 0.6) is 0 Å². The summed E-state index contributed by atoms with van der Waals surface area (Å²) in [6.45, 7) is 3.48. The predicted octanol–water partition coefficient (Wildman–Crippen LogP) is 3.48. The summed E-state index contributed by atoms with van der Waals surface area (Å²) in [4.78, 5) is 48.2. The molecule has 0 heterocycles. The SMILES string of the molecule is CC(C)(C[C@@]1(C(=O)O)CCCC[C@@H]1C(=O)O)C[C@]1(C(=O)O)CCCC[C@H]1C(=O)O. The van der Waals surface area contributed by atoms with Gasteiger partial charge in [-0.3, -0.25) is 19.2 Å². The van der Waals surface area contributed by atoms with Crippen LogP contribution in [-0.4, -0.2) is 44.3 Å². The molecule has 8 heteroatoms. The van der Waals surface area contributed by atoms with E-state index in [4.69, 9.17) is 0 Å². The second kappa shape index (κ2) is 8.32. The zero-order chi connectivity index (χ0) is 22.0. The maximum Gasteiger partial charge on any atom is 0.310 e. The Labute approximate surface area is 170 Å². The first-order valence-electron chi connectivity index (χ1n) is 10.3. The van der Waals surface area contributed by atoms with Crippen molar-refractivity contribution in [2.75, 3.05) is 0 Å². The summed E-state index contributed by atoms with van der Waals surface area (Å²) in [6.07, 6.45) is 3.53. The molecular weight excluding hydrogens is 380 g/mol. The third kappa shape index (κ3) is 4.41. The molecule has 2 saturated carbocycles. The van der Waals surface area contributed by atoms with Gasteiger partial charge >= 0.3 is 23.9 Å². The zero-order valence-electron chi connectivity index (χ0n) is 17.1. The number of hydrogen-bond donors (Lipinski definition) is 4. The lowest BCUT2D eigenvalue weighted by Crippen LogP contribution is -2.51. The maximum absolute atomic E-state index is 12.3. The van der Waals surface area contributed by atoms with E-state index in [0.717, 1.165) is 0 Å². The van der Waals surface area contributed by atoms with Crippen molar-refractivity contribution in [3.8, 4) is 0 Å². The van der Waals surface area contributed by atoms with Gasteiger partial charge in [0.2, 0.25) is 0 Å². The van der Waals surface area contributed by atoms with Crippen LogP contribution in [0, 0.1) is 28.1 Å². The van der Waals surface area contributed by atoms with Crippen molar-refractivity contribution in [1.29, 1.82) is 0 Å². The van der Waals surface area contributed by atoms with Crippen molar-refractivity contribution >= 4 is 23.9 Å². The minimum absolute atomic E-state index is 0.00761. The average molecular weight is 412 g/mol. The Morgan fingerprint density at radius 1 is 0.724 bits per heavy atom. The molecule has 0 radical (unpaired) electrons. The lowest BCUT2D eigenvalue weighted by atomic mass is 9.54. The van der Waals surface area contributed by atoms with Crippen LogP contribution in [0.15, 0.2) is 0 Å². The fourth-order valence-electron chi connectivity index (χ4n) is 6.06. The fourth-order valence-corrected chi connectivity index (χ4v) is 6.06. The number of carboxylic acids is 4. The molecule has 4 atom stereocenters. The summed E-state index contributed by atoms with van der Waals surface area (Å²) in [5.74, 6) is -6.68. The van der Waals surface area contributed by atoms with Gasteiger partial charge in [-0.05, 0) is 43.9 Å². The lowest BCUT2D eigenvalue weighted by Gasteiger charge is -2.47.